The van der Waals surface area contributed by atoms with Crippen LogP contribution in [0.15, 0.2) is 48.5 Å². The van der Waals surface area contributed by atoms with E-state index >= 15 is 0 Å². The number of benzene rings is 2. The summed E-state index contributed by atoms with van der Waals surface area (Å²) in [6.07, 6.45) is 3.08. The van der Waals surface area contributed by atoms with E-state index in [9.17, 15) is 4.79 Å². The number of anilines is 1. The van der Waals surface area contributed by atoms with Crippen molar-refractivity contribution in [1.82, 2.24) is 5.32 Å². The lowest BCUT2D eigenvalue weighted by molar-refractivity contribution is -0.115. The fraction of sp³-hybridized carbons (Fsp3) is 0.0588. The number of carbonyl (C=O) groups is 1. The van der Waals surface area contributed by atoms with Crippen molar-refractivity contribution in [3.8, 4) is 0 Å². The molecule has 1 amide bonds. The van der Waals surface area contributed by atoms with Crippen molar-refractivity contribution in [1.29, 1.82) is 0 Å². The summed E-state index contributed by atoms with van der Waals surface area (Å²) in [6.45, 7) is 1.87. The highest BCUT2D eigenvalue weighted by molar-refractivity contribution is 7.80. The van der Waals surface area contributed by atoms with Crippen LogP contribution in [0.2, 0.25) is 10.0 Å². The zero-order valence-electron chi connectivity index (χ0n) is 12.3. The third-order valence-electron chi connectivity index (χ3n) is 3.05. The van der Waals surface area contributed by atoms with Crippen molar-refractivity contribution >= 4 is 58.2 Å². The molecule has 0 aliphatic carbocycles. The second-order valence-corrected chi connectivity index (χ2v) is 5.99. The highest BCUT2D eigenvalue weighted by Gasteiger charge is 2.05. The number of rotatable bonds is 3. The van der Waals surface area contributed by atoms with Gasteiger partial charge in [-0.1, -0.05) is 41.4 Å². The summed E-state index contributed by atoms with van der Waals surface area (Å²) in [5.74, 6) is -0.322. The van der Waals surface area contributed by atoms with E-state index in [1.165, 1.54) is 6.08 Å². The Labute approximate surface area is 150 Å². The zero-order chi connectivity index (χ0) is 16.8. The highest BCUT2D eigenvalue weighted by atomic mass is 35.5. The van der Waals surface area contributed by atoms with Crippen molar-refractivity contribution in [2.45, 2.75) is 6.92 Å². The zero-order valence-corrected chi connectivity index (χ0v) is 14.6. The Morgan fingerprint density at radius 1 is 1.13 bits per heavy atom. The molecule has 0 radical (unpaired) electrons. The van der Waals surface area contributed by atoms with E-state index in [-0.39, 0.29) is 11.0 Å². The van der Waals surface area contributed by atoms with Gasteiger partial charge in [-0.15, -0.1) is 0 Å². The molecule has 118 valence electrons. The molecule has 2 aromatic rings. The number of thiocarbonyl (C=S) groups is 1. The fourth-order valence-corrected chi connectivity index (χ4v) is 2.31. The van der Waals surface area contributed by atoms with Gasteiger partial charge in [0.05, 0.1) is 0 Å². The third-order valence-corrected chi connectivity index (χ3v) is 3.92. The van der Waals surface area contributed by atoms with Gasteiger partial charge in [0.25, 0.3) is 0 Å². The Morgan fingerprint density at radius 2 is 1.83 bits per heavy atom. The van der Waals surface area contributed by atoms with Crippen LogP contribution in [0.3, 0.4) is 0 Å². The fourth-order valence-electron chi connectivity index (χ4n) is 1.80. The van der Waals surface area contributed by atoms with Gasteiger partial charge < -0.3 is 5.32 Å². The molecule has 0 atom stereocenters. The average Bonchev–Trinajstić information content (AvgIpc) is 2.51. The smallest absolute Gasteiger partial charge is 0.250 e. The van der Waals surface area contributed by atoms with Crippen LogP contribution in [0, 0.1) is 6.92 Å². The van der Waals surface area contributed by atoms with Gasteiger partial charge in [-0.25, -0.2) is 0 Å². The quantitative estimate of drug-likeness (QED) is 0.605. The number of amides is 1. The lowest BCUT2D eigenvalue weighted by atomic mass is 10.2. The molecule has 0 heterocycles. The van der Waals surface area contributed by atoms with Crippen molar-refractivity contribution < 1.29 is 4.79 Å². The first-order chi connectivity index (χ1) is 11.0. The molecule has 0 fully saturated rings. The molecule has 2 aromatic carbocycles. The van der Waals surface area contributed by atoms with Gasteiger partial charge in [-0.2, -0.15) is 0 Å². The molecule has 3 nitrogen and oxygen atoms in total. The first kappa shape index (κ1) is 17.5. The van der Waals surface area contributed by atoms with Crippen LogP contribution in [0.4, 0.5) is 5.69 Å². The summed E-state index contributed by atoms with van der Waals surface area (Å²) in [5.41, 5.74) is 2.49. The molecule has 0 aromatic heterocycles. The molecule has 0 aliphatic heterocycles. The largest absolute Gasteiger partial charge is 0.332 e. The molecule has 6 heteroatoms. The SMILES string of the molecule is Cc1c(Cl)cccc1NC(=S)NC(=O)/C=C/c1ccc(Cl)cc1. The van der Waals surface area contributed by atoms with E-state index in [4.69, 9.17) is 35.4 Å². The lowest BCUT2D eigenvalue weighted by Gasteiger charge is -2.11. The third kappa shape index (κ3) is 5.36. The van der Waals surface area contributed by atoms with Gasteiger partial charge >= 0.3 is 0 Å². The average molecular weight is 365 g/mol. The van der Waals surface area contributed by atoms with Crippen LogP contribution in [-0.2, 0) is 4.79 Å². The minimum Gasteiger partial charge on any atom is -0.332 e. The van der Waals surface area contributed by atoms with Gasteiger partial charge in [0.2, 0.25) is 5.91 Å². The Morgan fingerprint density at radius 3 is 2.52 bits per heavy atom. The maximum absolute atomic E-state index is 11.9. The van der Waals surface area contributed by atoms with Gasteiger partial charge in [0.15, 0.2) is 5.11 Å². The summed E-state index contributed by atoms with van der Waals surface area (Å²) in [4.78, 5) is 11.9. The Hall–Kier alpha value is -1.88. The van der Waals surface area contributed by atoms with Gasteiger partial charge in [-0.05, 0) is 60.6 Å². The Balaban J connectivity index is 1.93. The van der Waals surface area contributed by atoms with Crippen molar-refractivity contribution in [2.24, 2.45) is 0 Å². The van der Waals surface area contributed by atoms with Crippen molar-refractivity contribution in [3.05, 3.63) is 69.7 Å². The van der Waals surface area contributed by atoms with E-state index in [0.29, 0.717) is 10.0 Å². The minimum absolute atomic E-state index is 0.209. The number of carbonyl (C=O) groups excluding carboxylic acids is 1. The van der Waals surface area contributed by atoms with E-state index in [2.05, 4.69) is 10.6 Å². The first-order valence-electron chi connectivity index (χ1n) is 6.76. The summed E-state index contributed by atoms with van der Waals surface area (Å²) in [6, 6.07) is 12.6. The van der Waals surface area contributed by atoms with E-state index < -0.39 is 0 Å². The van der Waals surface area contributed by atoms with Crippen LogP contribution < -0.4 is 10.6 Å². The number of hydrogen-bond donors (Lipinski definition) is 2. The summed E-state index contributed by atoms with van der Waals surface area (Å²) in [7, 11) is 0. The predicted octanol–water partition coefficient (Wildman–Crippen LogP) is 4.83. The first-order valence-corrected chi connectivity index (χ1v) is 7.93. The highest BCUT2D eigenvalue weighted by Crippen LogP contribution is 2.22. The van der Waals surface area contributed by atoms with Crippen LogP contribution in [0.1, 0.15) is 11.1 Å². The molecule has 2 N–H and O–H groups in total. The van der Waals surface area contributed by atoms with E-state index in [1.54, 1.807) is 24.3 Å². The van der Waals surface area contributed by atoms with Crippen LogP contribution >= 0.6 is 35.4 Å². The summed E-state index contributed by atoms with van der Waals surface area (Å²) in [5, 5.41) is 7.02. The molecule has 0 unspecified atom stereocenters. The second kappa shape index (κ2) is 8.11. The molecule has 0 bridgehead atoms. The molecule has 23 heavy (non-hydrogen) atoms. The number of hydrogen-bond acceptors (Lipinski definition) is 2. The minimum atomic E-state index is -0.322. The van der Waals surface area contributed by atoms with Gasteiger partial charge in [0.1, 0.15) is 0 Å². The molecule has 0 saturated carbocycles. The standard InChI is InChI=1S/C17H14Cl2N2OS/c1-11-14(19)3-2-4-15(11)20-17(23)21-16(22)10-7-12-5-8-13(18)9-6-12/h2-10H,1H3,(H2,20,21,22,23)/b10-7+. The van der Waals surface area contributed by atoms with Crippen molar-refractivity contribution in [3.63, 3.8) is 0 Å². The summed E-state index contributed by atoms with van der Waals surface area (Å²) >= 11 is 17.0. The van der Waals surface area contributed by atoms with Crippen LogP contribution in [-0.4, -0.2) is 11.0 Å². The normalized spacial score (nSPS) is 10.6. The topological polar surface area (TPSA) is 41.1 Å². The predicted molar refractivity (Wildman–Crippen MR) is 101 cm³/mol. The molecular formula is C17H14Cl2N2OS. The van der Waals surface area contributed by atoms with E-state index in [0.717, 1.165) is 16.8 Å². The molecule has 2 rings (SSSR count). The lowest BCUT2D eigenvalue weighted by Crippen LogP contribution is -2.33. The maximum atomic E-state index is 11.9. The number of halogens is 2. The number of nitrogens with one attached hydrogen (secondary N) is 2. The summed E-state index contributed by atoms with van der Waals surface area (Å²) < 4.78 is 0. The van der Waals surface area contributed by atoms with Gasteiger partial charge in [0, 0.05) is 21.8 Å². The second-order valence-electron chi connectivity index (χ2n) is 4.74. The molecule has 0 aliphatic rings. The van der Waals surface area contributed by atoms with E-state index in [1.807, 2.05) is 31.2 Å². The molecule has 0 saturated heterocycles. The van der Waals surface area contributed by atoms with Crippen LogP contribution in [0.25, 0.3) is 6.08 Å². The van der Waals surface area contributed by atoms with Crippen molar-refractivity contribution in [2.75, 3.05) is 5.32 Å². The molecule has 0 spiro atoms. The maximum Gasteiger partial charge on any atom is 0.250 e. The van der Waals surface area contributed by atoms with Crippen LogP contribution in [0.5, 0.6) is 0 Å². The molecular weight excluding hydrogens is 351 g/mol. The monoisotopic (exact) mass is 364 g/mol. The Kier molecular flexibility index (Phi) is 6.16. The Bertz CT molecular complexity index is 758. The van der Waals surface area contributed by atoms with Gasteiger partial charge in [-0.3, -0.25) is 10.1 Å².